The molecule has 3 amide bonds. The molecule has 6 nitrogen and oxygen atoms in total. The summed E-state index contributed by atoms with van der Waals surface area (Å²) in [5, 5.41) is 5.52. The first kappa shape index (κ1) is 16.2. The number of fused-ring (bicyclic) bond motifs is 1. The van der Waals surface area contributed by atoms with Crippen molar-refractivity contribution in [1.29, 1.82) is 0 Å². The summed E-state index contributed by atoms with van der Waals surface area (Å²) in [6.07, 6.45) is 1.75. The molecule has 0 saturated carbocycles. The third kappa shape index (κ3) is 3.06. The molecule has 2 fully saturated rings. The predicted molar refractivity (Wildman–Crippen MR) is 90.7 cm³/mol. The number of carbonyl (C=O) groups is 2. The molecule has 0 bridgehead atoms. The molecule has 0 aliphatic carbocycles. The molecular formula is C16H24N4O2S. The highest BCUT2D eigenvalue weighted by atomic mass is 32.1. The lowest BCUT2D eigenvalue weighted by Crippen LogP contribution is -2.50. The zero-order valence-electron chi connectivity index (χ0n) is 14.1. The number of amides is 3. The van der Waals surface area contributed by atoms with E-state index in [9.17, 15) is 9.59 Å². The fraction of sp³-hybridized carbons (Fsp3) is 0.688. The Kier molecular flexibility index (Phi) is 4.08. The van der Waals surface area contributed by atoms with Gasteiger partial charge in [-0.05, 0) is 12.8 Å². The Morgan fingerprint density at radius 2 is 2.17 bits per heavy atom. The number of nitrogens with zero attached hydrogens (tertiary/aromatic N) is 3. The molecule has 2 aliphatic heterocycles. The number of hydrogen-bond donors (Lipinski definition) is 1. The summed E-state index contributed by atoms with van der Waals surface area (Å²) < 4.78 is 0. The zero-order chi connectivity index (χ0) is 16.8. The van der Waals surface area contributed by atoms with Gasteiger partial charge >= 0.3 is 6.03 Å². The number of likely N-dealkylation sites (N-methyl/N-ethyl adjacent to an activating group) is 1. The van der Waals surface area contributed by atoms with Gasteiger partial charge in [-0.15, -0.1) is 11.3 Å². The fourth-order valence-electron chi connectivity index (χ4n) is 3.32. The second kappa shape index (κ2) is 5.78. The largest absolute Gasteiger partial charge is 0.343 e. The van der Waals surface area contributed by atoms with Crippen molar-refractivity contribution >= 4 is 28.4 Å². The third-order valence-electron chi connectivity index (χ3n) is 4.68. The fourth-order valence-corrected chi connectivity index (χ4v) is 4.24. The zero-order valence-corrected chi connectivity index (χ0v) is 14.9. The van der Waals surface area contributed by atoms with Crippen LogP contribution in [0.4, 0.5) is 9.93 Å². The van der Waals surface area contributed by atoms with Gasteiger partial charge in [0.1, 0.15) is 0 Å². The maximum Gasteiger partial charge on any atom is 0.323 e. The van der Waals surface area contributed by atoms with Crippen LogP contribution in [0.3, 0.4) is 0 Å². The Morgan fingerprint density at radius 3 is 2.83 bits per heavy atom. The van der Waals surface area contributed by atoms with Crippen molar-refractivity contribution in [3.8, 4) is 0 Å². The van der Waals surface area contributed by atoms with Crippen molar-refractivity contribution in [3.63, 3.8) is 0 Å². The summed E-state index contributed by atoms with van der Waals surface area (Å²) in [7, 11) is 1.81. The van der Waals surface area contributed by atoms with E-state index in [0.29, 0.717) is 18.2 Å². The number of rotatable bonds is 1. The smallest absolute Gasteiger partial charge is 0.323 e. The second-order valence-corrected chi connectivity index (χ2v) is 8.30. The van der Waals surface area contributed by atoms with Crippen LogP contribution in [0.25, 0.3) is 0 Å². The van der Waals surface area contributed by atoms with Crippen molar-refractivity contribution in [3.05, 3.63) is 11.1 Å². The van der Waals surface area contributed by atoms with Crippen LogP contribution in [0.5, 0.6) is 0 Å². The van der Waals surface area contributed by atoms with Crippen molar-refractivity contribution in [1.82, 2.24) is 14.8 Å². The van der Waals surface area contributed by atoms with E-state index in [2.05, 4.69) is 31.1 Å². The molecule has 2 atom stereocenters. The summed E-state index contributed by atoms with van der Waals surface area (Å²) >= 11 is 1.45. The van der Waals surface area contributed by atoms with Gasteiger partial charge in [0.25, 0.3) is 0 Å². The van der Waals surface area contributed by atoms with Crippen LogP contribution in [0.2, 0.25) is 0 Å². The molecule has 2 saturated heterocycles. The molecule has 3 heterocycles. The van der Waals surface area contributed by atoms with Gasteiger partial charge in [0.2, 0.25) is 5.91 Å². The molecule has 126 valence electrons. The van der Waals surface area contributed by atoms with Gasteiger partial charge in [-0.3, -0.25) is 10.1 Å². The van der Waals surface area contributed by atoms with E-state index in [4.69, 9.17) is 0 Å². The number of urea groups is 1. The number of likely N-dealkylation sites (tertiary alicyclic amines) is 2. The Hall–Kier alpha value is -1.63. The summed E-state index contributed by atoms with van der Waals surface area (Å²) in [5.41, 5.74) is 0.945. The Labute approximate surface area is 140 Å². The first-order chi connectivity index (χ1) is 10.8. The molecule has 2 aliphatic rings. The van der Waals surface area contributed by atoms with Crippen molar-refractivity contribution < 1.29 is 9.59 Å². The van der Waals surface area contributed by atoms with Gasteiger partial charge in [-0.1, -0.05) is 20.8 Å². The Bertz CT molecular complexity index is 622. The summed E-state index contributed by atoms with van der Waals surface area (Å²) in [4.78, 5) is 32.8. The van der Waals surface area contributed by atoms with Gasteiger partial charge in [0.15, 0.2) is 5.13 Å². The molecule has 0 spiro atoms. The van der Waals surface area contributed by atoms with E-state index < -0.39 is 0 Å². The molecule has 0 unspecified atom stereocenters. The predicted octanol–water partition coefficient (Wildman–Crippen LogP) is 2.53. The Balaban J connectivity index is 1.71. The lowest BCUT2D eigenvalue weighted by Gasteiger charge is -2.35. The second-order valence-electron chi connectivity index (χ2n) is 7.45. The van der Waals surface area contributed by atoms with Crippen LogP contribution < -0.4 is 5.32 Å². The third-order valence-corrected chi connectivity index (χ3v) is 5.44. The minimum Gasteiger partial charge on any atom is -0.343 e. The van der Waals surface area contributed by atoms with Gasteiger partial charge in [-0.25, -0.2) is 9.78 Å². The summed E-state index contributed by atoms with van der Waals surface area (Å²) in [5.74, 6) is 0.123. The van der Waals surface area contributed by atoms with E-state index in [0.717, 1.165) is 18.5 Å². The molecule has 1 aromatic heterocycles. The highest BCUT2D eigenvalue weighted by Gasteiger charge is 2.45. The highest BCUT2D eigenvalue weighted by Crippen LogP contribution is 2.32. The van der Waals surface area contributed by atoms with Crippen LogP contribution in [-0.2, 0) is 10.2 Å². The summed E-state index contributed by atoms with van der Waals surface area (Å²) in [6.45, 7) is 7.63. The van der Waals surface area contributed by atoms with Crippen LogP contribution in [0.1, 0.15) is 39.3 Å². The first-order valence-corrected chi connectivity index (χ1v) is 8.94. The molecule has 3 rings (SSSR count). The molecule has 1 aromatic rings. The molecule has 0 radical (unpaired) electrons. The topological polar surface area (TPSA) is 65.5 Å². The lowest BCUT2D eigenvalue weighted by atomic mass is 9.92. The molecule has 23 heavy (non-hydrogen) atoms. The van der Waals surface area contributed by atoms with E-state index >= 15 is 0 Å². The molecule has 7 heteroatoms. The quantitative estimate of drug-likeness (QED) is 0.857. The minimum atomic E-state index is -0.141. The van der Waals surface area contributed by atoms with Crippen LogP contribution in [0.15, 0.2) is 5.38 Å². The summed E-state index contributed by atoms with van der Waals surface area (Å²) in [6, 6.07) is -0.152. The van der Waals surface area contributed by atoms with Gasteiger partial charge < -0.3 is 9.80 Å². The van der Waals surface area contributed by atoms with Gasteiger partial charge in [0.05, 0.1) is 17.7 Å². The van der Waals surface area contributed by atoms with Crippen LogP contribution in [0, 0.1) is 5.92 Å². The number of thiazole rings is 1. The average molecular weight is 336 g/mol. The number of hydrogen-bond acceptors (Lipinski definition) is 4. The number of nitrogens with one attached hydrogen (secondary N) is 1. The molecule has 1 N–H and O–H groups in total. The highest BCUT2D eigenvalue weighted by molar-refractivity contribution is 7.13. The number of anilines is 1. The minimum absolute atomic E-state index is 0.0108. The van der Waals surface area contributed by atoms with Crippen molar-refractivity contribution in [2.75, 3.05) is 25.5 Å². The van der Waals surface area contributed by atoms with Gasteiger partial charge in [0, 0.05) is 30.9 Å². The normalized spacial score (nSPS) is 24.8. The molecular weight excluding hydrogens is 312 g/mol. The monoisotopic (exact) mass is 336 g/mol. The maximum atomic E-state index is 12.6. The van der Waals surface area contributed by atoms with E-state index in [1.807, 2.05) is 17.3 Å². The first-order valence-electron chi connectivity index (χ1n) is 8.06. The number of carbonyl (C=O) groups excluding carboxylic acids is 2. The SMILES string of the molecule is CN1C[C@@H]2[C@@H](CCCN2C(=O)Nc2nc(C(C)(C)C)cs2)C1=O. The van der Waals surface area contributed by atoms with E-state index in [1.54, 1.807) is 4.90 Å². The van der Waals surface area contributed by atoms with E-state index in [-0.39, 0.29) is 29.3 Å². The standard InChI is InChI=1S/C16H24N4O2S/c1-16(2,3)12-9-23-14(17-12)18-15(22)20-7-5-6-10-11(20)8-19(4)13(10)21/h9-11H,5-8H2,1-4H3,(H,17,18,22)/t10-,11-/m1/s1. The van der Waals surface area contributed by atoms with Crippen LogP contribution in [-0.4, -0.2) is 52.9 Å². The number of aromatic nitrogens is 1. The van der Waals surface area contributed by atoms with Crippen molar-refractivity contribution in [2.45, 2.75) is 45.1 Å². The maximum absolute atomic E-state index is 12.6. The lowest BCUT2D eigenvalue weighted by molar-refractivity contribution is -0.130. The van der Waals surface area contributed by atoms with Crippen LogP contribution >= 0.6 is 11.3 Å². The molecule has 0 aromatic carbocycles. The van der Waals surface area contributed by atoms with E-state index in [1.165, 1.54) is 11.3 Å². The average Bonchev–Trinajstić information content (AvgIpc) is 3.05. The van der Waals surface area contributed by atoms with Crippen molar-refractivity contribution in [2.24, 2.45) is 5.92 Å². The van der Waals surface area contributed by atoms with Gasteiger partial charge in [-0.2, -0.15) is 0 Å². The Morgan fingerprint density at radius 1 is 1.43 bits per heavy atom. The number of piperidine rings is 1.